The maximum absolute atomic E-state index is 11.9. The van der Waals surface area contributed by atoms with Gasteiger partial charge in [0.2, 0.25) is 5.91 Å². The number of carbonyl (C=O) groups is 3. The normalized spacial score (nSPS) is 9.92. The van der Waals surface area contributed by atoms with Gasteiger partial charge < -0.3 is 4.74 Å². The fraction of sp³-hybridized carbons (Fsp3) is 0.167. The Morgan fingerprint density at radius 2 is 1.62 bits per heavy atom. The minimum Gasteiger partial charge on any atom is -0.454 e. The van der Waals surface area contributed by atoms with Gasteiger partial charge in [0.25, 0.3) is 0 Å². The highest BCUT2D eigenvalue weighted by molar-refractivity contribution is 6.33. The summed E-state index contributed by atoms with van der Waals surface area (Å²) >= 11 is 0. The van der Waals surface area contributed by atoms with Gasteiger partial charge in [0.05, 0.1) is 5.69 Å². The van der Waals surface area contributed by atoms with Crippen LogP contribution < -0.4 is 10.4 Å². The second-order valence-corrected chi connectivity index (χ2v) is 5.19. The fourth-order valence-corrected chi connectivity index (χ4v) is 1.95. The first-order valence-electron chi connectivity index (χ1n) is 7.36. The number of aryl methyl sites for hydroxylation is 1. The van der Waals surface area contributed by atoms with Gasteiger partial charge in [-0.1, -0.05) is 48.0 Å². The first-order chi connectivity index (χ1) is 11.5. The van der Waals surface area contributed by atoms with E-state index in [0.29, 0.717) is 5.69 Å². The summed E-state index contributed by atoms with van der Waals surface area (Å²) in [6.07, 6.45) is 0. The number of carbonyl (C=O) groups excluding carboxylic acids is 3. The van der Waals surface area contributed by atoms with Crippen LogP contribution in [0.5, 0.6) is 0 Å². The van der Waals surface area contributed by atoms with E-state index in [9.17, 15) is 14.4 Å². The zero-order chi connectivity index (χ0) is 17.5. The Labute approximate surface area is 140 Å². The van der Waals surface area contributed by atoms with Gasteiger partial charge in [0.1, 0.15) is 6.61 Å². The maximum atomic E-state index is 11.9. The summed E-state index contributed by atoms with van der Waals surface area (Å²) in [7, 11) is 0. The molecule has 0 spiro atoms. The monoisotopic (exact) mass is 326 g/mol. The molecule has 0 radical (unpaired) electrons. The number of anilines is 1. The molecule has 0 fully saturated rings. The molecule has 0 heterocycles. The summed E-state index contributed by atoms with van der Waals surface area (Å²) < 4.78 is 4.94. The number of hydrogen-bond acceptors (Lipinski definition) is 4. The molecule has 6 heteroatoms. The predicted octanol–water partition coefficient (Wildman–Crippen LogP) is 2.12. The Balaban J connectivity index is 1.98. The summed E-state index contributed by atoms with van der Waals surface area (Å²) in [6.45, 7) is 3.18. The maximum Gasteiger partial charge on any atom is 0.398 e. The minimum absolute atomic E-state index is 0.0162. The zero-order valence-corrected chi connectivity index (χ0v) is 13.5. The Bertz CT molecular complexity index is 726. The molecule has 0 aliphatic rings. The number of amides is 2. The Morgan fingerprint density at radius 1 is 1.00 bits per heavy atom. The second-order valence-electron chi connectivity index (χ2n) is 5.19. The number of nitrogens with one attached hydrogen (secondary N) is 1. The largest absolute Gasteiger partial charge is 0.454 e. The van der Waals surface area contributed by atoms with Crippen LogP contribution in [0, 0.1) is 6.92 Å². The van der Waals surface area contributed by atoms with Crippen LogP contribution in [0.2, 0.25) is 0 Å². The quantitative estimate of drug-likeness (QED) is 0.532. The van der Waals surface area contributed by atoms with E-state index in [2.05, 4.69) is 5.43 Å². The number of ether oxygens (including phenoxy) is 1. The SMILES string of the molecule is CC(=O)N(NC(=O)C(=O)OCc1ccccc1)c1ccc(C)cc1. The molecule has 2 aromatic rings. The molecule has 2 aromatic carbocycles. The molecule has 2 amide bonds. The van der Waals surface area contributed by atoms with E-state index in [4.69, 9.17) is 4.74 Å². The molecule has 0 aromatic heterocycles. The van der Waals surface area contributed by atoms with Gasteiger partial charge in [-0.2, -0.15) is 0 Å². The number of hydrazine groups is 1. The van der Waals surface area contributed by atoms with Crippen LogP contribution in [-0.4, -0.2) is 17.8 Å². The first-order valence-corrected chi connectivity index (χ1v) is 7.36. The van der Waals surface area contributed by atoms with Crippen molar-refractivity contribution in [3.8, 4) is 0 Å². The molecule has 0 aliphatic heterocycles. The van der Waals surface area contributed by atoms with Crippen LogP contribution in [0.3, 0.4) is 0 Å². The third-order valence-corrected chi connectivity index (χ3v) is 3.22. The van der Waals surface area contributed by atoms with Gasteiger partial charge in [-0.3, -0.25) is 15.0 Å². The van der Waals surface area contributed by atoms with Gasteiger partial charge in [0, 0.05) is 6.92 Å². The van der Waals surface area contributed by atoms with Gasteiger partial charge in [-0.25, -0.2) is 9.80 Å². The molecule has 124 valence electrons. The molecular formula is C18H18N2O4. The van der Waals surface area contributed by atoms with Crippen LogP contribution in [0.4, 0.5) is 5.69 Å². The van der Waals surface area contributed by atoms with Crippen molar-refractivity contribution in [2.45, 2.75) is 20.5 Å². The van der Waals surface area contributed by atoms with Crippen molar-refractivity contribution in [2.75, 3.05) is 5.01 Å². The van der Waals surface area contributed by atoms with Crippen molar-refractivity contribution in [1.29, 1.82) is 0 Å². The molecular weight excluding hydrogens is 308 g/mol. The van der Waals surface area contributed by atoms with Crippen LogP contribution in [0.1, 0.15) is 18.1 Å². The van der Waals surface area contributed by atoms with Crippen LogP contribution >= 0.6 is 0 Å². The molecule has 0 atom stereocenters. The van der Waals surface area contributed by atoms with E-state index >= 15 is 0 Å². The van der Waals surface area contributed by atoms with E-state index < -0.39 is 17.8 Å². The molecule has 0 saturated carbocycles. The van der Waals surface area contributed by atoms with E-state index in [1.54, 1.807) is 48.5 Å². The summed E-state index contributed by atoms with van der Waals surface area (Å²) in [5, 5.41) is 1.01. The lowest BCUT2D eigenvalue weighted by Gasteiger charge is -2.21. The van der Waals surface area contributed by atoms with Crippen molar-refractivity contribution < 1.29 is 19.1 Å². The van der Waals surface area contributed by atoms with Crippen LogP contribution in [0.25, 0.3) is 0 Å². The minimum atomic E-state index is -1.06. The van der Waals surface area contributed by atoms with E-state index in [1.807, 2.05) is 13.0 Å². The number of hydrogen-bond donors (Lipinski definition) is 1. The van der Waals surface area contributed by atoms with Gasteiger partial charge in [-0.15, -0.1) is 0 Å². The first kappa shape index (κ1) is 17.2. The van der Waals surface area contributed by atoms with E-state index in [1.165, 1.54) is 6.92 Å². The summed E-state index contributed by atoms with van der Waals surface area (Å²) in [6, 6.07) is 15.9. The highest BCUT2D eigenvalue weighted by Gasteiger charge is 2.21. The van der Waals surface area contributed by atoms with Crippen molar-refractivity contribution in [3.63, 3.8) is 0 Å². The fourth-order valence-electron chi connectivity index (χ4n) is 1.95. The summed E-state index contributed by atoms with van der Waals surface area (Å²) in [4.78, 5) is 35.5. The second kappa shape index (κ2) is 7.92. The average molecular weight is 326 g/mol. The Hall–Kier alpha value is -3.15. The Morgan fingerprint density at radius 3 is 2.21 bits per heavy atom. The van der Waals surface area contributed by atoms with E-state index in [0.717, 1.165) is 16.1 Å². The lowest BCUT2D eigenvalue weighted by molar-refractivity contribution is -0.156. The number of nitrogens with zero attached hydrogens (tertiary/aromatic N) is 1. The molecule has 0 aliphatic carbocycles. The van der Waals surface area contributed by atoms with Gasteiger partial charge >= 0.3 is 11.9 Å². The molecule has 0 saturated heterocycles. The van der Waals surface area contributed by atoms with Crippen molar-refractivity contribution in [1.82, 2.24) is 5.43 Å². The molecule has 0 unspecified atom stereocenters. The van der Waals surface area contributed by atoms with Crippen molar-refractivity contribution in [2.24, 2.45) is 0 Å². The van der Waals surface area contributed by atoms with Gasteiger partial charge in [0.15, 0.2) is 0 Å². The lowest BCUT2D eigenvalue weighted by Crippen LogP contribution is -2.48. The number of esters is 1. The number of benzene rings is 2. The van der Waals surface area contributed by atoms with Crippen LogP contribution in [0.15, 0.2) is 54.6 Å². The summed E-state index contributed by atoms with van der Waals surface area (Å²) in [5.74, 6) is -2.50. The predicted molar refractivity (Wildman–Crippen MR) is 88.7 cm³/mol. The van der Waals surface area contributed by atoms with Crippen LogP contribution in [-0.2, 0) is 25.7 Å². The summed E-state index contributed by atoms with van der Waals surface area (Å²) in [5.41, 5.74) is 4.49. The highest BCUT2D eigenvalue weighted by Crippen LogP contribution is 2.13. The Kier molecular flexibility index (Phi) is 5.68. The molecule has 6 nitrogen and oxygen atoms in total. The number of rotatable bonds is 3. The van der Waals surface area contributed by atoms with Gasteiger partial charge in [-0.05, 0) is 24.6 Å². The molecule has 0 bridgehead atoms. The average Bonchev–Trinajstić information content (AvgIpc) is 2.59. The van der Waals surface area contributed by atoms with Crippen molar-refractivity contribution >= 4 is 23.5 Å². The third-order valence-electron chi connectivity index (χ3n) is 3.22. The highest BCUT2D eigenvalue weighted by atomic mass is 16.5. The molecule has 24 heavy (non-hydrogen) atoms. The standard InChI is InChI=1S/C18H18N2O4/c1-13-8-10-16(11-9-13)20(14(2)21)19-17(22)18(23)24-12-15-6-4-3-5-7-15/h3-11H,12H2,1-2H3,(H,19,22). The third kappa shape index (κ3) is 4.67. The molecule has 2 rings (SSSR count). The lowest BCUT2D eigenvalue weighted by atomic mass is 10.2. The van der Waals surface area contributed by atoms with E-state index in [-0.39, 0.29) is 6.61 Å². The van der Waals surface area contributed by atoms with Crippen molar-refractivity contribution in [3.05, 3.63) is 65.7 Å². The smallest absolute Gasteiger partial charge is 0.398 e. The topological polar surface area (TPSA) is 75.7 Å². The zero-order valence-electron chi connectivity index (χ0n) is 13.5. The molecule has 1 N–H and O–H groups in total.